The summed E-state index contributed by atoms with van der Waals surface area (Å²) in [4.78, 5) is 47.9. The zero-order chi connectivity index (χ0) is 21.0. The largest absolute Gasteiger partial charge is 0.461 e. The van der Waals surface area contributed by atoms with Crippen molar-refractivity contribution in [3.63, 3.8) is 0 Å². The van der Waals surface area contributed by atoms with E-state index in [4.69, 9.17) is 14.2 Å². The Labute approximate surface area is 163 Å². The average Bonchev–Trinajstić information content (AvgIpc) is 2.85. The molecule has 148 valence electrons. The lowest BCUT2D eigenvalue weighted by Crippen LogP contribution is -2.24. The van der Waals surface area contributed by atoms with Crippen LogP contribution in [0.3, 0.4) is 0 Å². The molecule has 0 spiro atoms. The minimum atomic E-state index is -0.914. The van der Waals surface area contributed by atoms with Gasteiger partial charge < -0.3 is 14.2 Å². The lowest BCUT2D eigenvalue weighted by Gasteiger charge is -2.21. The molecule has 0 saturated carbocycles. The summed E-state index contributed by atoms with van der Waals surface area (Å²) in [5.41, 5.74) is 1.79. The van der Waals surface area contributed by atoms with E-state index in [-0.39, 0.29) is 35.7 Å². The van der Waals surface area contributed by atoms with Crippen LogP contribution in [-0.4, -0.2) is 36.4 Å². The van der Waals surface area contributed by atoms with Crippen LogP contribution < -0.4 is 0 Å². The number of allylic oxidation sites excluding steroid dienone is 4. The number of ketones is 1. The van der Waals surface area contributed by atoms with Crippen LogP contribution in [-0.2, 0) is 33.4 Å². The van der Waals surface area contributed by atoms with Gasteiger partial charge in [0.05, 0.1) is 5.57 Å². The van der Waals surface area contributed by atoms with E-state index in [2.05, 4.69) is 6.58 Å². The van der Waals surface area contributed by atoms with E-state index in [1.165, 1.54) is 32.1 Å². The molecule has 7 nitrogen and oxygen atoms in total. The van der Waals surface area contributed by atoms with Gasteiger partial charge in [0.1, 0.15) is 18.5 Å². The van der Waals surface area contributed by atoms with Crippen molar-refractivity contribution in [2.45, 2.75) is 40.2 Å². The fraction of sp³-hybridized carbons (Fsp3) is 0.333. The molecule has 1 heterocycles. The molecule has 0 saturated heterocycles. The Hall–Kier alpha value is -3.22. The zero-order valence-electron chi connectivity index (χ0n) is 16.3. The van der Waals surface area contributed by atoms with E-state index in [9.17, 15) is 19.2 Å². The van der Waals surface area contributed by atoms with E-state index < -0.39 is 24.0 Å². The number of carbonyl (C=O) groups excluding carboxylic acids is 4. The SMILES string of the molecule is C=C(C)C(=O)O[C@H]1C/C(C)=C\C(=O)/C=C(C)/C=C2/OC(=O)C(COC(C)=O)=C21. The van der Waals surface area contributed by atoms with Crippen LogP contribution in [0.2, 0.25) is 0 Å². The highest BCUT2D eigenvalue weighted by Gasteiger charge is 2.37. The number of fused-ring (bicyclic) bond motifs is 1. The molecule has 0 N–H and O–H groups in total. The van der Waals surface area contributed by atoms with Gasteiger partial charge in [-0.15, -0.1) is 0 Å². The monoisotopic (exact) mass is 386 g/mol. The number of rotatable bonds is 4. The molecular weight excluding hydrogens is 364 g/mol. The van der Waals surface area contributed by atoms with Crippen LogP contribution in [0.4, 0.5) is 0 Å². The van der Waals surface area contributed by atoms with Crippen molar-refractivity contribution in [2.75, 3.05) is 6.61 Å². The summed E-state index contributed by atoms with van der Waals surface area (Å²) in [5.74, 6) is -1.98. The first-order valence-corrected chi connectivity index (χ1v) is 8.65. The molecule has 2 rings (SSSR count). The molecule has 0 aromatic heterocycles. The summed E-state index contributed by atoms with van der Waals surface area (Å²) >= 11 is 0. The van der Waals surface area contributed by atoms with E-state index in [1.807, 2.05) is 0 Å². The molecule has 0 unspecified atom stereocenters. The van der Waals surface area contributed by atoms with Crippen LogP contribution in [0.1, 0.15) is 34.1 Å². The summed E-state index contributed by atoms with van der Waals surface area (Å²) < 4.78 is 15.8. The molecule has 0 radical (unpaired) electrons. The molecule has 0 fully saturated rings. The molecule has 7 heteroatoms. The van der Waals surface area contributed by atoms with Crippen molar-refractivity contribution in [1.82, 2.24) is 0 Å². The van der Waals surface area contributed by atoms with Crippen molar-refractivity contribution < 1.29 is 33.4 Å². The van der Waals surface area contributed by atoms with Crippen LogP contribution >= 0.6 is 0 Å². The standard InChI is InChI=1S/C21H22O7/c1-11(2)20(24)27-17-8-12(3)6-15(23)7-13(4)9-18-19(17)16(21(25)28-18)10-26-14(5)22/h6-7,9,17H,1,8,10H2,2-5H3/b12-6-,13-7+,18-9+/t17-/m0/s1. The third-order valence-corrected chi connectivity index (χ3v) is 4.00. The van der Waals surface area contributed by atoms with E-state index in [0.717, 1.165) is 0 Å². The second-order valence-electron chi connectivity index (χ2n) is 6.73. The molecule has 0 amide bonds. The lowest BCUT2D eigenvalue weighted by molar-refractivity contribution is -0.143. The number of ether oxygens (including phenoxy) is 3. The summed E-state index contributed by atoms with van der Waals surface area (Å²) in [6.45, 7) is 9.38. The van der Waals surface area contributed by atoms with Gasteiger partial charge in [-0.3, -0.25) is 9.59 Å². The fourth-order valence-corrected chi connectivity index (χ4v) is 2.79. The van der Waals surface area contributed by atoms with Crippen LogP contribution in [0, 0.1) is 0 Å². The Kier molecular flexibility index (Phi) is 6.51. The molecule has 0 aromatic rings. The van der Waals surface area contributed by atoms with E-state index in [0.29, 0.717) is 16.7 Å². The topological polar surface area (TPSA) is 96.0 Å². The normalized spacial score (nSPS) is 25.3. The van der Waals surface area contributed by atoms with E-state index in [1.54, 1.807) is 13.8 Å². The maximum absolute atomic E-state index is 12.4. The first-order chi connectivity index (χ1) is 13.1. The van der Waals surface area contributed by atoms with Crippen molar-refractivity contribution in [3.05, 3.63) is 58.4 Å². The van der Waals surface area contributed by atoms with Gasteiger partial charge in [-0.25, -0.2) is 9.59 Å². The summed E-state index contributed by atoms with van der Waals surface area (Å²) in [6, 6.07) is 0. The van der Waals surface area contributed by atoms with Gasteiger partial charge in [-0.1, -0.05) is 12.2 Å². The third kappa shape index (κ3) is 5.16. The van der Waals surface area contributed by atoms with Gasteiger partial charge in [0.15, 0.2) is 5.78 Å². The highest BCUT2D eigenvalue weighted by atomic mass is 16.6. The second kappa shape index (κ2) is 8.65. The Morgan fingerprint density at radius 1 is 1.18 bits per heavy atom. The first kappa shape index (κ1) is 21.1. The molecule has 28 heavy (non-hydrogen) atoms. The van der Waals surface area contributed by atoms with E-state index >= 15 is 0 Å². The van der Waals surface area contributed by atoms with Crippen molar-refractivity contribution >= 4 is 23.7 Å². The third-order valence-electron chi connectivity index (χ3n) is 4.00. The number of esters is 3. The van der Waals surface area contributed by atoms with Crippen LogP contribution in [0.25, 0.3) is 0 Å². The van der Waals surface area contributed by atoms with Gasteiger partial charge in [0, 0.05) is 24.5 Å². The van der Waals surface area contributed by atoms with Gasteiger partial charge >= 0.3 is 17.9 Å². The highest BCUT2D eigenvalue weighted by Crippen LogP contribution is 2.35. The van der Waals surface area contributed by atoms with Crippen LogP contribution in [0.5, 0.6) is 0 Å². The van der Waals surface area contributed by atoms with Crippen molar-refractivity contribution in [1.29, 1.82) is 0 Å². The summed E-state index contributed by atoms with van der Waals surface area (Å²) in [5, 5.41) is 0. The number of carbonyl (C=O) groups is 4. The van der Waals surface area contributed by atoms with Crippen molar-refractivity contribution in [3.8, 4) is 0 Å². The zero-order valence-corrected chi connectivity index (χ0v) is 16.3. The smallest absolute Gasteiger partial charge is 0.343 e. The quantitative estimate of drug-likeness (QED) is 0.416. The molecular formula is C21H22O7. The summed E-state index contributed by atoms with van der Waals surface area (Å²) in [7, 11) is 0. The fourth-order valence-electron chi connectivity index (χ4n) is 2.79. The minimum Gasteiger partial charge on any atom is -0.461 e. The number of hydrogen-bond acceptors (Lipinski definition) is 7. The van der Waals surface area contributed by atoms with Gasteiger partial charge in [-0.2, -0.15) is 0 Å². The van der Waals surface area contributed by atoms with Crippen LogP contribution in [0.15, 0.2) is 58.4 Å². The Balaban J connectivity index is 2.63. The Morgan fingerprint density at radius 3 is 2.46 bits per heavy atom. The Bertz CT molecular complexity index is 880. The molecule has 1 aliphatic carbocycles. The maximum atomic E-state index is 12.4. The lowest BCUT2D eigenvalue weighted by atomic mass is 9.94. The highest BCUT2D eigenvalue weighted by molar-refractivity contribution is 6.01. The van der Waals surface area contributed by atoms with Crippen molar-refractivity contribution in [2.24, 2.45) is 0 Å². The van der Waals surface area contributed by atoms with Gasteiger partial charge in [0.2, 0.25) is 0 Å². The number of hydrogen-bond donors (Lipinski definition) is 0. The minimum absolute atomic E-state index is 0.0912. The molecule has 1 aliphatic heterocycles. The van der Waals surface area contributed by atoms with Gasteiger partial charge in [-0.05, 0) is 44.6 Å². The second-order valence-corrected chi connectivity index (χ2v) is 6.73. The predicted molar refractivity (Wildman–Crippen MR) is 99.7 cm³/mol. The molecule has 1 atom stereocenters. The average molecular weight is 386 g/mol. The van der Waals surface area contributed by atoms with Gasteiger partial charge in [0.25, 0.3) is 0 Å². The molecule has 0 bridgehead atoms. The Morgan fingerprint density at radius 2 is 1.86 bits per heavy atom. The summed E-state index contributed by atoms with van der Waals surface area (Å²) in [6.07, 6.45) is 3.61. The molecule has 2 aliphatic rings. The molecule has 0 aromatic carbocycles. The predicted octanol–water partition coefficient (Wildman–Crippen LogP) is 2.64. The first-order valence-electron chi connectivity index (χ1n) is 8.65. The maximum Gasteiger partial charge on any atom is 0.343 e.